The lowest BCUT2D eigenvalue weighted by molar-refractivity contribution is -0.141. The van der Waals surface area contributed by atoms with E-state index in [4.69, 9.17) is 11.6 Å². The van der Waals surface area contributed by atoms with Gasteiger partial charge in [0, 0.05) is 26.5 Å². The molecule has 2 amide bonds. The number of carbonyl (C=O) groups is 3. The van der Waals surface area contributed by atoms with E-state index in [2.05, 4.69) is 15.4 Å². The zero-order valence-electron chi connectivity index (χ0n) is 17.3. The highest BCUT2D eigenvalue weighted by molar-refractivity contribution is 7.16. The standard InChI is InChI=1S/C24H21ClN2O4S/c1-31-24(30)15-26-23(29)14-16-2-8-19(9-3-16)27-22(28)13-11-20-10-12-21(32-20)17-4-6-18(25)7-5-17/h2-13H,14-15H2,1H3,(H,26,29)(H,27,28)/b13-11+. The van der Waals surface area contributed by atoms with Crippen LogP contribution in [0.4, 0.5) is 5.69 Å². The minimum Gasteiger partial charge on any atom is -0.468 e. The Bertz CT molecular complexity index is 1120. The van der Waals surface area contributed by atoms with Crippen LogP contribution < -0.4 is 10.6 Å². The first-order valence-electron chi connectivity index (χ1n) is 9.70. The second-order valence-corrected chi connectivity index (χ2v) is 8.31. The van der Waals surface area contributed by atoms with Gasteiger partial charge in [0.2, 0.25) is 11.8 Å². The van der Waals surface area contributed by atoms with Crippen LogP contribution >= 0.6 is 22.9 Å². The highest BCUT2D eigenvalue weighted by Crippen LogP contribution is 2.29. The first-order valence-corrected chi connectivity index (χ1v) is 10.9. The molecule has 0 saturated heterocycles. The molecule has 0 aliphatic heterocycles. The van der Waals surface area contributed by atoms with E-state index in [-0.39, 0.29) is 24.8 Å². The molecule has 1 heterocycles. The number of ether oxygens (including phenoxy) is 1. The van der Waals surface area contributed by atoms with Gasteiger partial charge in [-0.25, -0.2) is 0 Å². The maximum atomic E-state index is 12.2. The summed E-state index contributed by atoms with van der Waals surface area (Å²) in [5, 5.41) is 5.96. The second-order valence-electron chi connectivity index (χ2n) is 6.76. The van der Waals surface area contributed by atoms with Crippen LogP contribution in [0.3, 0.4) is 0 Å². The third kappa shape index (κ3) is 7.08. The molecule has 32 heavy (non-hydrogen) atoms. The molecular formula is C24H21ClN2O4S. The first-order chi connectivity index (χ1) is 15.4. The molecule has 0 bridgehead atoms. The molecule has 0 atom stereocenters. The Morgan fingerprint density at radius 1 is 1.00 bits per heavy atom. The summed E-state index contributed by atoms with van der Waals surface area (Å²) in [7, 11) is 1.26. The van der Waals surface area contributed by atoms with Crippen molar-refractivity contribution < 1.29 is 19.1 Å². The number of rotatable bonds is 8. The molecule has 3 rings (SSSR count). The normalized spacial score (nSPS) is 10.7. The van der Waals surface area contributed by atoms with E-state index in [0.29, 0.717) is 10.7 Å². The molecule has 0 aliphatic carbocycles. The molecule has 2 N–H and O–H groups in total. The minimum absolute atomic E-state index is 0.124. The molecule has 2 aromatic carbocycles. The molecule has 0 unspecified atom stereocenters. The van der Waals surface area contributed by atoms with Gasteiger partial charge in [-0.05, 0) is 53.6 Å². The number of esters is 1. The Hall–Kier alpha value is -3.42. The number of hydrogen-bond acceptors (Lipinski definition) is 5. The van der Waals surface area contributed by atoms with Gasteiger partial charge in [0.1, 0.15) is 6.54 Å². The molecule has 8 heteroatoms. The van der Waals surface area contributed by atoms with Gasteiger partial charge < -0.3 is 15.4 Å². The summed E-state index contributed by atoms with van der Waals surface area (Å²) in [4.78, 5) is 37.1. The van der Waals surface area contributed by atoms with E-state index < -0.39 is 5.97 Å². The highest BCUT2D eigenvalue weighted by Gasteiger charge is 2.07. The molecule has 0 radical (unpaired) electrons. The van der Waals surface area contributed by atoms with Gasteiger partial charge in [-0.15, -0.1) is 11.3 Å². The summed E-state index contributed by atoms with van der Waals surface area (Å²) in [6.07, 6.45) is 3.37. The van der Waals surface area contributed by atoms with Crippen molar-refractivity contribution in [3.8, 4) is 10.4 Å². The Morgan fingerprint density at radius 2 is 1.72 bits per heavy atom. The van der Waals surface area contributed by atoms with Crippen molar-refractivity contribution in [2.45, 2.75) is 6.42 Å². The van der Waals surface area contributed by atoms with Crippen molar-refractivity contribution in [2.24, 2.45) is 0 Å². The van der Waals surface area contributed by atoms with Crippen LogP contribution in [0.1, 0.15) is 10.4 Å². The van der Waals surface area contributed by atoms with Crippen LogP contribution in [-0.4, -0.2) is 31.4 Å². The number of amides is 2. The van der Waals surface area contributed by atoms with Gasteiger partial charge in [-0.1, -0.05) is 35.9 Å². The minimum atomic E-state index is -0.506. The Morgan fingerprint density at radius 3 is 2.41 bits per heavy atom. The van der Waals surface area contributed by atoms with Crippen molar-refractivity contribution in [1.82, 2.24) is 5.32 Å². The quantitative estimate of drug-likeness (QED) is 0.375. The monoisotopic (exact) mass is 468 g/mol. The van der Waals surface area contributed by atoms with Crippen molar-refractivity contribution >= 4 is 52.5 Å². The van der Waals surface area contributed by atoms with Crippen LogP contribution in [0, 0.1) is 0 Å². The lowest BCUT2D eigenvalue weighted by atomic mass is 10.1. The van der Waals surface area contributed by atoms with Gasteiger partial charge in [0.05, 0.1) is 13.5 Å². The van der Waals surface area contributed by atoms with E-state index in [1.54, 1.807) is 41.7 Å². The highest BCUT2D eigenvalue weighted by atomic mass is 35.5. The fourth-order valence-electron chi connectivity index (χ4n) is 2.75. The lowest BCUT2D eigenvalue weighted by Crippen LogP contribution is -2.31. The summed E-state index contributed by atoms with van der Waals surface area (Å²) in [5.41, 5.74) is 2.45. The van der Waals surface area contributed by atoms with Gasteiger partial charge >= 0.3 is 5.97 Å². The molecule has 0 aliphatic rings. The fourth-order valence-corrected chi connectivity index (χ4v) is 3.79. The molecule has 1 aromatic heterocycles. The molecule has 3 aromatic rings. The summed E-state index contributed by atoms with van der Waals surface area (Å²) in [6, 6.07) is 18.5. The zero-order chi connectivity index (χ0) is 22.9. The van der Waals surface area contributed by atoms with Crippen LogP contribution in [0.15, 0.2) is 66.7 Å². The van der Waals surface area contributed by atoms with E-state index in [9.17, 15) is 14.4 Å². The number of thiophene rings is 1. The smallest absolute Gasteiger partial charge is 0.325 e. The topological polar surface area (TPSA) is 84.5 Å². The Labute approximate surface area is 194 Å². The average molecular weight is 469 g/mol. The SMILES string of the molecule is COC(=O)CNC(=O)Cc1ccc(NC(=O)/C=C/c2ccc(-c3ccc(Cl)cc3)s2)cc1. The summed E-state index contributed by atoms with van der Waals surface area (Å²) >= 11 is 7.51. The maximum Gasteiger partial charge on any atom is 0.325 e. The molecular weight excluding hydrogens is 448 g/mol. The van der Waals surface area contributed by atoms with E-state index >= 15 is 0 Å². The third-order valence-electron chi connectivity index (χ3n) is 4.40. The number of carbonyl (C=O) groups excluding carboxylic acids is 3. The van der Waals surface area contributed by atoms with Crippen LogP contribution in [0.5, 0.6) is 0 Å². The molecule has 6 nitrogen and oxygen atoms in total. The van der Waals surface area contributed by atoms with Gasteiger partial charge in [0.25, 0.3) is 0 Å². The lowest BCUT2D eigenvalue weighted by Gasteiger charge is -2.06. The number of anilines is 1. The molecule has 0 spiro atoms. The summed E-state index contributed by atoms with van der Waals surface area (Å²) in [6.45, 7) is -0.165. The first kappa shape index (κ1) is 23.2. The predicted octanol–water partition coefficient (Wildman–Crippen LogP) is 4.55. The predicted molar refractivity (Wildman–Crippen MR) is 128 cm³/mol. The van der Waals surface area contributed by atoms with Crippen molar-refractivity contribution in [3.05, 3.63) is 82.2 Å². The Balaban J connectivity index is 1.50. The fraction of sp³-hybridized carbons (Fsp3) is 0.125. The molecule has 0 fully saturated rings. The van der Waals surface area contributed by atoms with E-state index in [1.807, 2.05) is 36.4 Å². The molecule has 164 valence electrons. The maximum absolute atomic E-state index is 12.2. The zero-order valence-corrected chi connectivity index (χ0v) is 18.8. The number of nitrogens with one attached hydrogen (secondary N) is 2. The average Bonchev–Trinajstić information content (AvgIpc) is 3.27. The van der Waals surface area contributed by atoms with E-state index in [0.717, 1.165) is 20.9 Å². The summed E-state index contributed by atoms with van der Waals surface area (Å²) in [5.74, 6) is -1.05. The van der Waals surface area contributed by atoms with Crippen molar-refractivity contribution in [2.75, 3.05) is 19.0 Å². The molecule has 0 saturated carbocycles. The Kier molecular flexibility index (Phi) is 8.19. The second kappa shape index (κ2) is 11.3. The van der Waals surface area contributed by atoms with Crippen LogP contribution in [0.2, 0.25) is 5.02 Å². The third-order valence-corrected chi connectivity index (χ3v) is 5.75. The number of hydrogen-bond donors (Lipinski definition) is 2. The van der Waals surface area contributed by atoms with Gasteiger partial charge in [-0.2, -0.15) is 0 Å². The number of halogens is 1. The van der Waals surface area contributed by atoms with Gasteiger partial charge in [-0.3, -0.25) is 14.4 Å². The van der Waals surface area contributed by atoms with Crippen molar-refractivity contribution in [3.63, 3.8) is 0 Å². The number of benzene rings is 2. The van der Waals surface area contributed by atoms with Gasteiger partial charge in [0.15, 0.2) is 0 Å². The van der Waals surface area contributed by atoms with Crippen LogP contribution in [0.25, 0.3) is 16.5 Å². The van der Waals surface area contributed by atoms with Crippen LogP contribution in [-0.2, 0) is 25.5 Å². The van der Waals surface area contributed by atoms with E-state index in [1.165, 1.54) is 13.2 Å². The summed E-state index contributed by atoms with van der Waals surface area (Å²) < 4.78 is 4.47. The van der Waals surface area contributed by atoms with Crippen molar-refractivity contribution in [1.29, 1.82) is 0 Å². The largest absolute Gasteiger partial charge is 0.468 e. The number of methoxy groups -OCH3 is 1.